The number of rotatable bonds is 4. The maximum absolute atomic E-state index is 4.49. The number of halogens is 1. The number of aliphatic imine (C=N–C) groups is 1. The van der Waals surface area contributed by atoms with Crippen LogP contribution in [-0.4, -0.2) is 78.6 Å². The number of fused-ring (bicyclic) bond motifs is 1. The van der Waals surface area contributed by atoms with Crippen LogP contribution in [0.5, 0.6) is 0 Å². The van der Waals surface area contributed by atoms with Crippen LogP contribution >= 0.6 is 24.0 Å². The highest BCUT2D eigenvalue weighted by Gasteiger charge is 2.21. The van der Waals surface area contributed by atoms with Crippen molar-refractivity contribution in [2.24, 2.45) is 4.99 Å². The van der Waals surface area contributed by atoms with Gasteiger partial charge in [0.1, 0.15) is 0 Å². The lowest BCUT2D eigenvalue weighted by Gasteiger charge is -2.36. The summed E-state index contributed by atoms with van der Waals surface area (Å²) in [6, 6.07) is 10.6. The fourth-order valence-electron chi connectivity index (χ4n) is 3.98. The summed E-state index contributed by atoms with van der Waals surface area (Å²) in [5.41, 5.74) is 2.97. The molecule has 0 unspecified atom stereocenters. The van der Waals surface area contributed by atoms with E-state index in [4.69, 9.17) is 0 Å². The summed E-state index contributed by atoms with van der Waals surface area (Å²) in [7, 11) is 1.87. The zero-order valence-electron chi connectivity index (χ0n) is 17.0. The van der Waals surface area contributed by atoms with Crippen molar-refractivity contribution in [3.63, 3.8) is 0 Å². The van der Waals surface area contributed by atoms with E-state index in [9.17, 15) is 0 Å². The van der Waals surface area contributed by atoms with E-state index >= 15 is 0 Å². The predicted molar refractivity (Wildman–Crippen MR) is 128 cm³/mol. The van der Waals surface area contributed by atoms with Crippen LogP contribution in [0.1, 0.15) is 11.1 Å². The molecule has 1 fully saturated rings. The molecule has 2 aromatic rings. The molecule has 4 rings (SSSR count). The Balaban J connectivity index is 0.00000240. The lowest BCUT2D eigenvalue weighted by molar-refractivity contribution is 0.256. The molecule has 29 heavy (non-hydrogen) atoms. The maximum Gasteiger partial charge on any atom is 0.225 e. The fourth-order valence-corrected chi connectivity index (χ4v) is 3.98. The van der Waals surface area contributed by atoms with Gasteiger partial charge in [0, 0.05) is 71.8 Å². The van der Waals surface area contributed by atoms with E-state index in [1.807, 2.05) is 13.1 Å². The first-order valence-electron chi connectivity index (χ1n) is 10.1. The predicted octanol–water partition coefficient (Wildman–Crippen LogP) is 1.85. The van der Waals surface area contributed by atoms with Crippen molar-refractivity contribution in [2.75, 3.05) is 57.8 Å². The number of guanidine groups is 1. The number of anilines is 1. The summed E-state index contributed by atoms with van der Waals surface area (Å²) in [5, 5.41) is 3.55. The monoisotopic (exact) mass is 507 g/mol. The van der Waals surface area contributed by atoms with Gasteiger partial charge < -0.3 is 15.1 Å². The molecule has 1 aromatic heterocycles. The molecule has 0 amide bonds. The molecule has 0 spiro atoms. The highest BCUT2D eigenvalue weighted by atomic mass is 127. The van der Waals surface area contributed by atoms with Crippen LogP contribution < -0.4 is 10.2 Å². The molecule has 0 saturated carbocycles. The molecular formula is C21H30IN7. The lowest BCUT2D eigenvalue weighted by Crippen LogP contribution is -2.53. The first-order valence-corrected chi connectivity index (χ1v) is 10.1. The Labute approximate surface area is 190 Å². The summed E-state index contributed by atoms with van der Waals surface area (Å²) < 4.78 is 0. The molecule has 2 aliphatic heterocycles. The molecule has 156 valence electrons. The smallest absolute Gasteiger partial charge is 0.225 e. The summed E-state index contributed by atoms with van der Waals surface area (Å²) in [5.74, 6) is 1.81. The molecular weight excluding hydrogens is 477 g/mol. The van der Waals surface area contributed by atoms with E-state index < -0.39 is 0 Å². The number of nitrogens with zero attached hydrogens (tertiary/aromatic N) is 6. The minimum Gasteiger partial charge on any atom is -0.355 e. The van der Waals surface area contributed by atoms with Crippen LogP contribution in [0, 0.1) is 0 Å². The van der Waals surface area contributed by atoms with Gasteiger partial charge >= 0.3 is 0 Å². The second-order valence-corrected chi connectivity index (χ2v) is 7.29. The van der Waals surface area contributed by atoms with Gasteiger partial charge in [-0.1, -0.05) is 24.3 Å². The van der Waals surface area contributed by atoms with Gasteiger partial charge in [0.05, 0.1) is 0 Å². The van der Waals surface area contributed by atoms with Crippen molar-refractivity contribution < 1.29 is 0 Å². The second-order valence-electron chi connectivity index (χ2n) is 7.29. The number of nitrogens with one attached hydrogen (secondary N) is 1. The summed E-state index contributed by atoms with van der Waals surface area (Å²) >= 11 is 0. The molecule has 7 nitrogen and oxygen atoms in total. The Bertz CT molecular complexity index is 791. The van der Waals surface area contributed by atoms with E-state index in [2.05, 4.69) is 59.2 Å². The standard InChI is InChI=1S/C21H29N7.HI/c1-22-20(27-13-15-28(16-14-27)21-23-8-4-9-24-21)25-10-12-26-11-7-18-5-2-3-6-19(18)17-26;/h2-6,8-9H,7,10-17H2,1H3,(H,22,25);1H. The third-order valence-corrected chi connectivity index (χ3v) is 5.55. The third-order valence-electron chi connectivity index (χ3n) is 5.55. The summed E-state index contributed by atoms with van der Waals surface area (Å²) in [6.45, 7) is 7.80. The molecule has 2 aliphatic rings. The van der Waals surface area contributed by atoms with Gasteiger partial charge in [0.15, 0.2) is 5.96 Å². The van der Waals surface area contributed by atoms with Crippen molar-refractivity contribution in [1.29, 1.82) is 0 Å². The largest absolute Gasteiger partial charge is 0.355 e. The van der Waals surface area contributed by atoms with E-state index in [1.165, 1.54) is 11.1 Å². The average molecular weight is 507 g/mol. The van der Waals surface area contributed by atoms with Gasteiger partial charge in [-0.3, -0.25) is 9.89 Å². The van der Waals surface area contributed by atoms with Gasteiger partial charge in [0.2, 0.25) is 5.95 Å². The van der Waals surface area contributed by atoms with Gasteiger partial charge in [-0.2, -0.15) is 0 Å². The van der Waals surface area contributed by atoms with E-state index in [1.54, 1.807) is 12.4 Å². The first kappa shape index (κ1) is 21.8. The SMILES string of the molecule is CN=C(NCCN1CCc2ccccc2C1)N1CCN(c2ncccn2)CC1.I. The highest BCUT2D eigenvalue weighted by Crippen LogP contribution is 2.17. The summed E-state index contributed by atoms with van der Waals surface area (Å²) in [6.07, 6.45) is 4.75. The third kappa shape index (κ3) is 5.57. The van der Waals surface area contributed by atoms with Crippen molar-refractivity contribution in [3.8, 4) is 0 Å². The Morgan fingerprint density at radius 1 is 1.00 bits per heavy atom. The van der Waals surface area contributed by atoms with Gasteiger partial charge in [-0.25, -0.2) is 9.97 Å². The number of piperazine rings is 1. The number of benzene rings is 1. The lowest BCUT2D eigenvalue weighted by atomic mass is 10.00. The van der Waals surface area contributed by atoms with Gasteiger partial charge in [-0.05, 0) is 23.6 Å². The molecule has 1 aromatic carbocycles. The zero-order valence-corrected chi connectivity index (χ0v) is 19.3. The van der Waals surface area contributed by atoms with Crippen LogP contribution in [-0.2, 0) is 13.0 Å². The quantitative estimate of drug-likeness (QED) is 0.388. The van der Waals surface area contributed by atoms with Crippen molar-refractivity contribution in [1.82, 2.24) is 25.1 Å². The highest BCUT2D eigenvalue weighted by molar-refractivity contribution is 14.0. The molecule has 1 N–H and O–H groups in total. The maximum atomic E-state index is 4.49. The van der Waals surface area contributed by atoms with E-state index in [0.717, 1.165) is 70.7 Å². The van der Waals surface area contributed by atoms with E-state index in [-0.39, 0.29) is 24.0 Å². The average Bonchev–Trinajstić information content (AvgIpc) is 2.77. The number of hydrogen-bond donors (Lipinski definition) is 1. The Morgan fingerprint density at radius 3 is 2.45 bits per heavy atom. The molecule has 0 radical (unpaired) electrons. The summed E-state index contributed by atoms with van der Waals surface area (Å²) in [4.78, 5) is 20.3. The number of hydrogen-bond acceptors (Lipinski definition) is 5. The van der Waals surface area contributed by atoms with Crippen LogP contribution in [0.15, 0.2) is 47.7 Å². The molecule has 0 bridgehead atoms. The minimum absolute atomic E-state index is 0. The van der Waals surface area contributed by atoms with Crippen LogP contribution in [0.25, 0.3) is 0 Å². The van der Waals surface area contributed by atoms with Gasteiger partial charge in [0.25, 0.3) is 0 Å². The molecule has 3 heterocycles. The molecule has 8 heteroatoms. The first-order chi connectivity index (χ1) is 13.8. The van der Waals surface area contributed by atoms with Crippen LogP contribution in [0.2, 0.25) is 0 Å². The van der Waals surface area contributed by atoms with Crippen LogP contribution in [0.4, 0.5) is 5.95 Å². The van der Waals surface area contributed by atoms with Crippen molar-refractivity contribution in [2.45, 2.75) is 13.0 Å². The Morgan fingerprint density at radius 2 is 1.72 bits per heavy atom. The number of aromatic nitrogens is 2. The second kappa shape index (κ2) is 10.7. The Kier molecular flexibility index (Phi) is 8.05. The Hall–Kier alpha value is -1.94. The van der Waals surface area contributed by atoms with Crippen molar-refractivity contribution in [3.05, 3.63) is 53.9 Å². The van der Waals surface area contributed by atoms with E-state index in [0.29, 0.717) is 0 Å². The van der Waals surface area contributed by atoms with Crippen molar-refractivity contribution >= 4 is 35.9 Å². The topological polar surface area (TPSA) is 59.9 Å². The molecule has 0 aliphatic carbocycles. The van der Waals surface area contributed by atoms with Gasteiger partial charge in [-0.15, -0.1) is 24.0 Å². The zero-order chi connectivity index (χ0) is 19.2. The normalized spacial score (nSPS) is 17.5. The fraction of sp³-hybridized carbons (Fsp3) is 0.476. The molecule has 0 atom stereocenters. The minimum atomic E-state index is 0. The molecule has 1 saturated heterocycles. The van der Waals surface area contributed by atoms with Crippen LogP contribution in [0.3, 0.4) is 0 Å².